The van der Waals surface area contributed by atoms with Crippen molar-refractivity contribution in [2.24, 2.45) is 23.7 Å². The van der Waals surface area contributed by atoms with E-state index in [0.29, 0.717) is 36.0 Å². The lowest BCUT2D eigenvalue weighted by Crippen LogP contribution is -2.52. The Bertz CT molecular complexity index is 1610. The van der Waals surface area contributed by atoms with E-state index in [1.807, 2.05) is 25.1 Å². The van der Waals surface area contributed by atoms with Gasteiger partial charge in [0.2, 0.25) is 10.0 Å². The van der Waals surface area contributed by atoms with Gasteiger partial charge < -0.3 is 14.4 Å². The van der Waals surface area contributed by atoms with Crippen molar-refractivity contribution in [3.8, 4) is 5.75 Å². The average molecular weight is 698 g/mol. The summed E-state index contributed by atoms with van der Waals surface area (Å²) in [6, 6.07) is 12.2. The molecular weight excluding hydrogens is 646 g/mol. The zero-order valence-corrected chi connectivity index (χ0v) is 30.3. The molecule has 7 rings (SSSR count). The maximum atomic E-state index is 13.6. The minimum absolute atomic E-state index is 0.0693. The number of carbonyl (C=O) groups excluding carboxylic acids is 1. The number of ether oxygens (including phenoxy) is 2. The summed E-state index contributed by atoms with van der Waals surface area (Å²) in [5, 5.41) is 0.0852. The Balaban J connectivity index is 1.28. The van der Waals surface area contributed by atoms with Gasteiger partial charge in [0.05, 0.1) is 30.8 Å². The summed E-state index contributed by atoms with van der Waals surface area (Å²) in [7, 11) is -3.87. The van der Waals surface area contributed by atoms with Crippen molar-refractivity contribution in [1.29, 1.82) is 0 Å². The monoisotopic (exact) mass is 697 g/mol. The van der Waals surface area contributed by atoms with Crippen LogP contribution in [0.25, 0.3) is 0 Å². The molecule has 5 aliphatic rings. The molecule has 1 saturated heterocycles. The lowest BCUT2D eigenvalue weighted by molar-refractivity contribution is -0.0220. The molecule has 3 aliphatic heterocycles. The van der Waals surface area contributed by atoms with Gasteiger partial charge in [0, 0.05) is 48.2 Å². The van der Waals surface area contributed by atoms with Crippen LogP contribution in [0.2, 0.25) is 5.02 Å². The first-order chi connectivity index (χ1) is 23.0. The van der Waals surface area contributed by atoms with Crippen molar-refractivity contribution < 1.29 is 22.7 Å². The topological polar surface area (TPSA) is 88.2 Å². The van der Waals surface area contributed by atoms with Crippen LogP contribution in [0.5, 0.6) is 5.75 Å². The van der Waals surface area contributed by atoms with E-state index in [0.717, 1.165) is 94.4 Å². The number of nitrogens with zero attached hydrogens (tertiary/aromatic N) is 2. The largest absolute Gasteiger partial charge is 0.490 e. The predicted octanol–water partition coefficient (Wildman–Crippen LogP) is 6.44. The van der Waals surface area contributed by atoms with Gasteiger partial charge in [0.25, 0.3) is 5.91 Å². The molecule has 2 aromatic rings. The minimum atomic E-state index is -3.87. The van der Waals surface area contributed by atoms with E-state index in [-0.39, 0.29) is 11.3 Å². The highest BCUT2D eigenvalue weighted by atomic mass is 35.5. The van der Waals surface area contributed by atoms with Crippen LogP contribution in [0, 0.1) is 23.7 Å². The molecule has 2 aliphatic carbocycles. The van der Waals surface area contributed by atoms with Crippen molar-refractivity contribution in [3.05, 3.63) is 58.1 Å². The summed E-state index contributed by atoms with van der Waals surface area (Å²) < 4.78 is 41.8. The number of morpholine rings is 1. The maximum Gasteiger partial charge on any atom is 0.264 e. The van der Waals surface area contributed by atoms with Gasteiger partial charge in [-0.1, -0.05) is 31.0 Å². The van der Waals surface area contributed by atoms with Crippen LogP contribution in [0.1, 0.15) is 87.2 Å². The number of hydrogen-bond acceptors (Lipinski definition) is 7. The molecular formula is C38H52ClN3O5S. The molecule has 0 radical (unpaired) electrons. The Hall–Kier alpha value is -2.33. The van der Waals surface area contributed by atoms with Gasteiger partial charge in [0.15, 0.2) is 0 Å². The molecule has 262 valence electrons. The smallest absolute Gasteiger partial charge is 0.264 e. The van der Waals surface area contributed by atoms with E-state index >= 15 is 0 Å². The van der Waals surface area contributed by atoms with Crippen LogP contribution in [-0.2, 0) is 26.6 Å². The summed E-state index contributed by atoms with van der Waals surface area (Å²) in [5.74, 6) is 1.73. The van der Waals surface area contributed by atoms with Gasteiger partial charge in [-0.2, -0.15) is 0 Å². The number of fused-ring (bicyclic) bond motifs is 4. The van der Waals surface area contributed by atoms with Crippen LogP contribution < -0.4 is 14.4 Å². The summed E-state index contributed by atoms with van der Waals surface area (Å²) in [6.45, 7) is 11.9. The minimum Gasteiger partial charge on any atom is -0.490 e. The second-order valence-electron chi connectivity index (χ2n) is 15.4. The molecule has 1 N–H and O–H groups in total. The van der Waals surface area contributed by atoms with E-state index in [9.17, 15) is 13.2 Å². The van der Waals surface area contributed by atoms with Crippen LogP contribution in [0.15, 0.2) is 36.4 Å². The Kier molecular flexibility index (Phi) is 9.79. The maximum absolute atomic E-state index is 13.6. The number of sulfonamides is 1. The predicted molar refractivity (Wildman–Crippen MR) is 191 cm³/mol. The molecule has 48 heavy (non-hydrogen) atoms. The summed E-state index contributed by atoms with van der Waals surface area (Å²) in [5.41, 5.74) is 3.62. The average Bonchev–Trinajstić information content (AvgIpc) is 3.21. The summed E-state index contributed by atoms with van der Waals surface area (Å²) >= 11 is 6.48. The first-order valence-electron chi connectivity index (χ1n) is 18.2. The molecule has 7 atom stereocenters. The number of aryl methyl sites for hydroxylation is 1. The van der Waals surface area contributed by atoms with Crippen molar-refractivity contribution in [2.75, 3.05) is 50.9 Å². The highest BCUT2D eigenvalue weighted by Crippen LogP contribution is 2.49. The Labute approximate surface area is 291 Å². The fourth-order valence-corrected chi connectivity index (χ4v) is 11.0. The zero-order chi connectivity index (χ0) is 33.6. The molecule has 2 aromatic carbocycles. The standard InChI is InChI=1S/C38H52ClN3O5S/c1-25-6-4-8-32(26(2)41-16-18-46-19-17-41)33-12-9-30(33)22-42-23-38(15-5-7-28-20-31(39)11-13-34(28)38)24-47-36-14-10-29(21-35(36)42)37(43)40-48(44,45)27(25)3/h10-11,13-14,20-21,25-27,30,32-33H,4-9,12,15-19,22-24H2,1-3H3,(H,40,43)/t25-,26-,27+,30-,32-,33+,38-/m0/s1. The third-order valence-electron chi connectivity index (χ3n) is 12.7. The van der Waals surface area contributed by atoms with Crippen LogP contribution in [0.4, 0.5) is 5.69 Å². The van der Waals surface area contributed by atoms with E-state index in [4.69, 9.17) is 21.1 Å². The van der Waals surface area contributed by atoms with E-state index in [1.165, 1.54) is 24.0 Å². The zero-order valence-electron chi connectivity index (χ0n) is 28.8. The Morgan fingerprint density at radius 1 is 1.02 bits per heavy atom. The normalized spacial score (nSPS) is 33.3. The fraction of sp³-hybridized carbons (Fsp3) is 0.658. The molecule has 1 amide bonds. The lowest BCUT2D eigenvalue weighted by atomic mass is 9.63. The Morgan fingerprint density at radius 3 is 2.60 bits per heavy atom. The molecule has 2 bridgehead atoms. The number of benzene rings is 2. The first-order valence-corrected chi connectivity index (χ1v) is 20.2. The van der Waals surface area contributed by atoms with Crippen LogP contribution >= 0.6 is 11.6 Å². The van der Waals surface area contributed by atoms with Gasteiger partial charge in [-0.15, -0.1) is 0 Å². The van der Waals surface area contributed by atoms with Crippen molar-refractivity contribution in [1.82, 2.24) is 9.62 Å². The number of hydrogen-bond donors (Lipinski definition) is 1. The summed E-state index contributed by atoms with van der Waals surface area (Å²) in [4.78, 5) is 18.7. The second kappa shape index (κ2) is 13.8. The molecule has 1 spiro atoms. The summed E-state index contributed by atoms with van der Waals surface area (Å²) in [6.07, 6.45) is 8.35. The van der Waals surface area contributed by atoms with Gasteiger partial charge >= 0.3 is 0 Å². The first kappa shape index (κ1) is 34.1. The third-order valence-corrected chi connectivity index (χ3v) is 14.9. The van der Waals surface area contributed by atoms with Gasteiger partial charge in [-0.05, 0) is 124 Å². The lowest BCUT2D eigenvalue weighted by Gasteiger charge is -2.50. The van der Waals surface area contributed by atoms with Crippen LogP contribution in [-0.4, -0.2) is 76.5 Å². The van der Waals surface area contributed by atoms with Crippen molar-refractivity contribution >= 4 is 33.2 Å². The number of anilines is 1. The number of amides is 1. The molecule has 2 fully saturated rings. The molecule has 8 nitrogen and oxygen atoms in total. The quantitative estimate of drug-likeness (QED) is 0.386. The molecule has 3 heterocycles. The number of carbonyl (C=O) groups is 1. The van der Waals surface area contributed by atoms with Crippen molar-refractivity contribution in [3.63, 3.8) is 0 Å². The highest BCUT2D eigenvalue weighted by Gasteiger charge is 2.46. The van der Waals surface area contributed by atoms with Gasteiger partial charge in [-0.25, -0.2) is 13.1 Å². The highest BCUT2D eigenvalue weighted by molar-refractivity contribution is 7.90. The van der Waals surface area contributed by atoms with Crippen molar-refractivity contribution in [2.45, 2.75) is 88.8 Å². The van der Waals surface area contributed by atoms with Gasteiger partial charge in [0.1, 0.15) is 5.75 Å². The second-order valence-corrected chi connectivity index (χ2v) is 17.9. The molecule has 0 unspecified atom stereocenters. The Morgan fingerprint density at radius 2 is 1.83 bits per heavy atom. The van der Waals surface area contributed by atoms with E-state index in [1.54, 1.807) is 13.0 Å². The van der Waals surface area contributed by atoms with Gasteiger partial charge in [-0.3, -0.25) is 9.69 Å². The van der Waals surface area contributed by atoms with E-state index < -0.39 is 21.2 Å². The SMILES string of the molecule is C[C@@H]1[C@@H](C)CCC[C@@H]([C@H](C)N2CCOCC2)[C@@H]2CC[C@H]2CN2C[C@@]3(CCCc4cc(Cl)ccc43)COc3ccc(cc32)C(=O)NS1(=O)=O. The van der Waals surface area contributed by atoms with E-state index in [2.05, 4.69) is 33.6 Å². The molecule has 0 aromatic heterocycles. The molecule has 1 saturated carbocycles. The third kappa shape index (κ3) is 6.61. The number of halogens is 1. The fourth-order valence-electron chi connectivity index (χ4n) is 9.49. The molecule has 10 heteroatoms. The van der Waals surface area contributed by atoms with Crippen LogP contribution in [0.3, 0.4) is 0 Å². The number of nitrogens with one attached hydrogen (secondary N) is 1. The number of rotatable bonds is 2.